The van der Waals surface area contributed by atoms with Gasteiger partial charge in [-0.3, -0.25) is 5.43 Å². The van der Waals surface area contributed by atoms with E-state index in [-0.39, 0.29) is 5.82 Å². The van der Waals surface area contributed by atoms with Gasteiger partial charge in [-0.05, 0) is 26.0 Å². The molecular weight excluding hydrogens is 333 g/mol. The zero-order valence-corrected chi connectivity index (χ0v) is 14.8. The minimum absolute atomic E-state index is 0.248. The Bertz CT molecular complexity index is 914. The van der Waals surface area contributed by atoms with Crippen molar-refractivity contribution in [2.24, 2.45) is 5.10 Å². The van der Waals surface area contributed by atoms with Gasteiger partial charge in [0.2, 0.25) is 5.13 Å². The highest BCUT2D eigenvalue weighted by atomic mass is 32.1. The van der Waals surface area contributed by atoms with Crippen LogP contribution in [-0.4, -0.2) is 10.7 Å². The summed E-state index contributed by atoms with van der Waals surface area (Å²) in [6.07, 6.45) is 3.47. The van der Waals surface area contributed by atoms with E-state index < -0.39 is 0 Å². The fourth-order valence-electron chi connectivity index (χ4n) is 2.30. The number of rotatable bonds is 5. The normalized spacial score (nSPS) is 11.9. The number of hydrogen-bond acceptors (Lipinski definition) is 4. The number of aryl methyl sites for hydroxylation is 1. The van der Waals surface area contributed by atoms with E-state index >= 15 is 0 Å². The zero-order chi connectivity index (χ0) is 17.6. The maximum absolute atomic E-state index is 13.6. The molecule has 1 heterocycles. The predicted molar refractivity (Wildman–Crippen MR) is 104 cm³/mol. The van der Waals surface area contributed by atoms with E-state index in [4.69, 9.17) is 0 Å². The molecule has 2 aromatic carbocycles. The maximum atomic E-state index is 13.6. The average molecular weight is 351 g/mol. The van der Waals surface area contributed by atoms with Gasteiger partial charge in [0.05, 0.1) is 11.4 Å². The number of benzene rings is 2. The van der Waals surface area contributed by atoms with Crippen molar-refractivity contribution in [2.75, 3.05) is 5.43 Å². The monoisotopic (exact) mass is 351 g/mol. The molecule has 0 atom stereocenters. The van der Waals surface area contributed by atoms with Crippen molar-refractivity contribution in [3.63, 3.8) is 0 Å². The molecule has 0 spiro atoms. The van der Waals surface area contributed by atoms with Crippen LogP contribution in [0.4, 0.5) is 9.52 Å². The molecule has 0 aliphatic rings. The van der Waals surface area contributed by atoms with Crippen molar-refractivity contribution in [1.82, 2.24) is 4.98 Å². The van der Waals surface area contributed by atoms with Gasteiger partial charge in [-0.1, -0.05) is 54.6 Å². The summed E-state index contributed by atoms with van der Waals surface area (Å²) in [7, 11) is 0. The first kappa shape index (κ1) is 17.0. The quantitative estimate of drug-likeness (QED) is 0.469. The number of anilines is 1. The van der Waals surface area contributed by atoms with Crippen LogP contribution in [0.3, 0.4) is 0 Å². The summed E-state index contributed by atoms with van der Waals surface area (Å²) in [5, 5.41) is 5.02. The topological polar surface area (TPSA) is 37.3 Å². The van der Waals surface area contributed by atoms with Gasteiger partial charge in [0, 0.05) is 16.0 Å². The predicted octanol–water partition coefficient (Wildman–Crippen LogP) is 5.76. The molecule has 3 nitrogen and oxygen atoms in total. The van der Waals surface area contributed by atoms with E-state index in [0.29, 0.717) is 5.56 Å². The third kappa shape index (κ3) is 4.39. The van der Waals surface area contributed by atoms with Crippen LogP contribution in [0, 0.1) is 12.7 Å². The molecule has 0 unspecified atom stereocenters. The summed E-state index contributed by atoms with van der Waals surface area (Å²) in [5.74, 6) is -0.248. The molecule has 0 saturated carbocycles. The number of nitrogens with one attached hydrogen (secondary N) is 1. The summed E-state index contributed by atoms with van der Waals surface area (Å²) >= 11 is 1.55. The number of nitrogens with zero attached hydrogens (tertiary/aromatic N) is 2. The van der Waals surface area contributed by atoms with Gasteiger partial charge in [0.25, 0.3) is 0 Å². The molecule has 0 amide bonds. The molecule has 25 heavy (non-hydrogen) atoms. The fourth-order valence-corrected chi connectivity index (χ4v) is 3.08. The fraction of sp³-hybridized carbons (Fsp3) is 0.100. The van der Waals surface area contributed by atoms with Crippen molar-refractivity contribution in [3.8, 4) is 11.3 Å². The molecule has 0 radical (unpaired) electrons. The van der Waals surface area contributed by atoms with Gasteiger partial charge in [-0.25, -0.2) is 9.37 Å². The van der Waals surface area contributed by atoms with Gasteiger partial charge in [0.1, 0.15) is 5.82 Å². The number of allylic oxidation sites excluding steroid dienone is 1. The van der Waals surface area contributed by atoms with E-state index in [0.717, 1.165) is 27.0 Å². The molecule has 0 aliphatic carbocycles. The molecule has 1 aromatic heterocycles. The number of aromatic nitrogens is 1. The number of halogens is 1. The summed E-state index contributed by atoms with van der Waals surface area (Å²) < 4.78 is 13.6. The average Bonchev–Trinajstić information content (AvgIpc) is 3.01. The molecule has 1 N–H and O–H groups in total. The Labute approximate surface area is 150 Å². The highest BCUT2D eigenvalue weighted by Gasteiger charge is 2.08. The molecule has 126 valence electrons. The first-order valence-corrected chi connectivity index (χ1v) is 8.71. The van der Waals surface area contributed by atoms with E-state index in [1.807, 2.05) is 44.2 Å². The van der Waals surface area contributed by atoms with E-state index in [2.05, 4.69) is 15.5 Å². The minimum Gasteiger partial charge on any atom is -0.252 e. The second-order valence-electron chi connectivity index (χ2n) is 5.51. The van der Waals surface area contributed by atoms with Crippen molar-refractivity contribution in [1.29, 1.82) is 0 Å². The van der Waals surface area contributed by atoms with Crippen LogP contribution in [0.15, 0.2) is 65.8 Å². The van der Waals surface area contributed by atoms with Crippen molar-refractivity contribution >= 4 is 28.3 Å². The lowest BCUT2D eigenvalue weighted by Gasteiger charge is -1.98. The smallest absolute Gasteiger partial charge is 0.204 e. The van der Waals surface area contributed by atoms with Gasteiger partial charge < -0.3 is 0 Å². The number of hydrazone groups is 1. The lowest BCUT2D eigenvalue weighted by Crippen LogP contribution is -1.94. The first-order valence-electron chi connectivity index (χ1n) is 7.89. The number of hydrogen-bond donors (Lipinski definition) is 1. The van der Waals surface area contributed by atoms with Crippen LogP contribution in [0.5, 0.6) is 0 Å². The summed E-state index contributed by atoms with van der Waals surface area (Å²) in [6, 6.07) is 16.7. The lowest BCUT2D eigenvalue weighted by molar-refractivity contribution is 0.625. The van der Waals surface area contributed by atoms with E-state index in [1.54, 1.807) is 41.7 Å². The van der Waals surface area contributed by atoms with Crippen LogP contribution in [-0.2, 0) is 0 Å². The molecule has 0 saturated heterocycles. The Hall–Kier alpha value is -2.79. The van der Waals surface area contributed by atoms with Crippen molar-refractivity contribution in [2.45, 2.75) is 13.8 Å². The standard InChI is InChI=1S/C20H18FN3S/c1-14(12-13-16-8-6-7-11-18(16)21)23-24-20-22-19(15(2)25-20)17-9-4-3-5-10-17/h3-13H,1-2H3,(H,22,24)/b13-12+,23-14-. The highest BCUT2D eigenvalue weighted by molar-refractivity contribution is 7.16. The second-order valence-corrected chi connectivity index (χ2v) is 6.71. The Morgan fingerprint density at radius 3 is 2.60 bits per heavy atom. The van der Waals surface area contributed by atoms with Crippen LogP contribution >= 0.6 is 11.3 Å². The second kappa shape index (κ2) is 7.85. The van der Waals surface area contributed by atoms with Crippen LogP contribution in [0.1, 0.15) is 17.4 Å². The van der Waals surface area contributed by atoms with Crippen molar-refractivity contribution < 1.29 is 4.39 Å². The first-order chi connectivity index (χ1) is 12.1. The third-order valence-electron chi connectivity index (χ3n) is 3.58. The summed E-state index contributed by atoms with van der Waals surface area (Å²) in [4.78, 5) is 5.73. The molecule has 5 heteroatoms. The minimum atomic E-state index is -0.248. The number of thiazole rings is 1. The molecular formula is C20H18FN3S. The van der Waals surface area contributed by atoms with E-state index in [1.165, 1.54) is 6.07 Å². The SMILES string of the molecule is CC(/C=C/c1ccccc1F)=N/Nc1nc(-c2ccccc2)c(C)s1. The van der Waals surface area contributed by atoms with Crippen LogP contribution in [0.25, 0.3) is 17.3 Å². The maximum Gasteiger partial charge on any atom is 0.204 e. The molecule has 0 fully saturated rings. The van der Waals surface area contributed by atoms with Gasteiger partial charge in [-0.15, -0.1) is 11.3 Å². The zero-order valence-electron chi connectivity index (χ0n) is 14.0. The Balaban J connectivity index is 1.71. The third-order valence-corrected chi connectivity index (χ3v) is 4.46. The Morgan fingerprint density at radius 1 is 1.12 bits per heavy atom. The van der Waals surface area contributed by atoms with Gasteiger partial charge in [0.15, 0.2) is 0 Å². The Morgan fingerprint density at radius 2 is 1.84 bits per heavy atom. The molecule has 3 aromatic rings. The van der Waals surface area contributed by atoms with Crippen LogP contribution < -0.4 is 5.43 Å². The van der Waals surface area contributed by atoms with Gasteiger partial charge in [-0.2, -0.15) is 5.10 Å². The lowest BCUT2D eigenvalue weighted by atomic mass is 10.1. The molecule has 0 aliphatic heterocycles. The summed E-state index contributed by atoms with van der Waals surface area (Å²) in [5.41, 5.74) is 6.29. The van der Waals surface area contributed by atoms with Crippen molar-refractivity contribution in [3.05, 3.63) is 76.9 Å². The van der Waals surface area contributed by atoms with Gasteiger partial charge >= 0.3 is 0 Å². The molecule has 3 rings (SSSR count). The Kier molecular flexibility index (Phi) is 5.36. The van der Waals surface area contributed by atoms with Crippen LogP contribution in [0.2, 0.25) is 0 Å². The molecule has 0 bridgehead atoms. The summed E-state index contributed by atoms with van der Waals surface area (Å²) in [6.45, 7) is 3.89. The van der Waals surface area contributed by atoms with E-state index in [9.17, 15) is 4.39 Å². The largest absolute Gasteiger partial charge is 0.252 e. The highest BCUT2D eigenvalue weighted by Crippen LogP contribution is 2.30.